The number of hydrogen-bond donors (Lipinski definition) is 2. The smallest absolute Gasteiger partial charge is 0.203 e. The molecule has 0 bridgehead atoms. The summed E-state index contributed by atoms with van der Waals surface area (Å²) in [5, 5.41) is 6.63. The molecule has 178 valence electrons. The zero-order valence-corrected chi connectivity index (χ0v) is 22.1. The lowest BCUT2D eigenvalue weighted by atomic mass is 10.2. The highest BCUT2D eigenvalue weighted by atomic mass is 127. The van der Waals surface area contributed by atoms with Gasteiger partial charge < -0.3 is 34.5 Å². The van der Waals surface area contributed by atoms with Crippen LogP contribution in [0.1, 0.15) is 11.1 Å². The molecule has 0 fully saturated rings. The topological polar surface area (TPSA) is 76.6 Å². The number of ether oxygens (including phenoxy) is 4. The van der Waals surface area contributed by atoms with E-state index in [0.29, 0.717) is 42.9 Å². The van der Waals surface area contributed by atoms with Crippen LogP contribution in [0.25, 0.3) is 0 Å². The van der Waals surface area contributed by atoms with E-state index in [4.69, 9.17) is 18.9 Å². The summed E-state index contributed by atoms with van der Waals surface area (Å²) in [6.07, 6.45) is 0. The van der Waals surface area contributed by atoms with Gasteiger partial charge >= 0.3 is 0 Å². The highest BCUT2D eigenvalue weighted by Gasteiger charge is 2.13. The summed E-state index contributed by atoms with van der Waals surface area (Å²) in [6.45, 7) is 2.70. The van der Waals surface area contributed by atoms with Gasteiger partial charge in [0.05, 0.1) is 21.3 Å². The van der Waals surface area contributed by atoms with Crippen molar-refractivity contribution in [3.05, 3.63) is 47.5 Å². The summed E-state index contributed by atoms with van der Waals surface area (Å²) in [4.78, 5) is 6.39. The van der Waals surface area contributed by atoms with E-state index < -0.39 is 0 Å². The Kier molecular flexibility index (Phi) is 12.6. The maximum atomic E-state index is 5.81. The van der Waals surface area contributed by atoms with Gasteiger partial charge in [-0.2, -0.15) is 0 Å². The minimum absolute atomic E-state index is 0. The molecule has 2 N–H and O–H groups in total. The molecule has 32 heavy (non-hydrogen) atoms. The molecule has 2 rings (SSSR count). The van der Waals surface area contributed by atoms with E-state index in [1.165, 1.54) is 0 Å². The van der Waals surface area contributed by atoms with Crippen LogP contribution in [-0.2, 0) is 13.1 Å². The molecule has 2 aromatic carbocycles. The first-order valence-electron chi connectivity index (χ1n) is 10.1. The van der Waals surface area contributed by atoms with Gasteiger partial charge in [0.25, 0.3) is 0 Å². The lowest BCUT2D eigenvalue weighted by molar-refractivity contribution is 0.261. The molecule has 0 unspecified atom stereocenters. The molecule has 8 nitrogen and oxygen atoms in total. The maximum absolute atomic E-state index is 5.81. The van der Waals surface area contributed by atoms with Crippen LogP contribution in [0, 0.1) is 0 Å². The monoisotopic (exact) mass is 558 g/mol. The van der Waals surface area contributed by atoms with Gasteiger partial charge in [-0.1, -0.05) is 12.1 Å². The molecule has 0 radical (unpaired) electrons. The molecule has 0 atom stereocenters. The van der Waals surface area contributed by atoms with Crippen molar-refractivity contribution in [3.8, 4) is 23.0 Å². The van der Waals surface area contributed by atoms with E-state index in [1.54, 1.807) is 28.4 Å². The molecule has 0 aliphatic carbocycles. The summed E-state index contributed by atoms with van der Waals surface area (Å²) >= 11 is 0. The largest absolute Gasteiger partial charge is 0.493 e. The summed E-state index contributed by atoms with van der Waals surface area (Å²) in [7, 11) is 10.6. The van der Waals surface area contributed by atoms with E-state index in [0.717, 1.165) is 23.4 Å². The number of nitrogens with one attached hydrogen (secondary N) is 2. The second kappa shape index (κ2) is 14.6. The number of aliphatic imine (C=N–C) groups is 1. The summed E-state index contributed by atoms with van der Waals surface area (Å²) < 4.78 is 22.0. The number of guanidine groups is 1. The Morgan fingerprint density at radius 1 is 0.906 bits per heavy atom. The van der Waals surface area contributed by atoms with Gasteiger partial charge in [-0.25, -0.2) is 0 Å². The predicted molar refractivity (Wildman–Crippen MR) is 139 cm³/mol. The Hall–Kier alpha value is -2.40. The molecule has 9 heteroatoms. The van der Waals surface area contributed by atoms with Crippen LogP contribution >= 0.6 is 24.0 Å². The molecular weight excluding hydrogens is 523 g/mol. The van der Waals surface area contributed by atoms with Gasteiger partial charge in [0, 0.05) is 26.7 Å². The molecule has 0 heterocycles. The third-order valence-corrected chi connectivity index (χ3v) is 4.57. The van der Waals surface area contributed by atoms with E-state index in [-0.39, 0.29) is 24.0 Å². The molecule has 2 aromatic rings. The highest BCUT2D eigenvalue weighted by Crippen LogP contribution is 2.38. The molecule has 0 saturated carbocycles. The second-order valence-corrected chi connectivity index (χ2v) is 7.11. The Labute approximate surface area is 208 Å². The highest BCUT2D eigenvalue weighted by molar-refractivity contribution is 14.0. The van der Waals surface area contributed by atoms with Crippen LogP contribution in [0.15, 0.2) is 41.4 Å². The fourth-order valence-corrected chi connectivity index (χ4v) is 2.92. The SMILES string of the molecule is CN=C(NCc1cccc(OCCN(C)C)c1)NCc1cc(OC)c(OC)c(OC)c1.I. The second-order valence-electron chi connectivity index (χ2n) is 7.11. The number of hydrogen-bond acceptors (Lipinski definition) is 6. The summed E-state index contributed by atoms with van der Waals surface area (Å²) in [6, 6.07) is 11.9. The van der Waals surface area contributed by atoms with Crippen LogP contribution < -0.4 is 29.6 Å². The molecule has 0 amide bonds. The zero-order valence-electron chi connectivity index (χ0n) is 19.7. The van der Waals surface area contributed by atoms with Crippen molar-refractivity contribution in [2.45, 2.75) is 13.1 Å². The normalized spacial score (nSPS) is 10.9. The molecule has 0 spiro atoms. The van der Waals surface area contributed by atoms with Crippen LogP contribution in [0.4, 0.5) is 0 Å². The van der Waals surface area contributed by atoms with Crippen molar-refractivity contribution >= 4 is 29.9 Å². The third kappa shape index (κ3) is 8.62. The van der Waals surface area contributed by atoms with Crippen LogP contribution in [0.2, 0.25) is 0 Å². The van der Waals surface area contributed by atoms with Crippen molar-refractivity contribution in [3.63, 3.8) is 0 Å². The fraction of sp³-hybridized carbons (Fsp3) is 0.435. The number of benzene rings is 2. The fourth-order valence-electron chi connectivity index (χ4n) is 2.92. The Balaban J connectivity index is 0.00000512. The van der Waals surface area contributed by atoms with Gasteiger partial charge in [0.1, 0.15) is 12.4 Å². The lowest BCUT2D eigenvalue weighted by Crippen LogP contribution is -2.36. The minimum atomic E-state index is 0. The first kappa shape index (κ1) is 27.6. The van der Waals surface area contributed by atoms with Gasteiger partial charge in [0.15, 0.2) is 17.5 Å². The standard InChI is InChI=1S/C23H34N4O4.HI/c1-24-23(25-15-17-8-7-9-19(12-17)31-11-10-27(2)3)26-16-18-13-20(28-4)22(30-6)21(14-18)29-5;/h7-9,12-14H,10-11,15-16H2,1-6H3,(H2,24,25,26);1H. The number of nitrogens with zero attached hydrogens (tertiary/aromatic N) is 2. The van der Waals surface area contributed by atoms with Gasteiger partial charge in [-0.05, 0) is 49.5 Å². The van der Waals surface area contributed by atoms with E-state index in [1.807, 2.05) is 44.4 Å². The van der Waals surface area contributed by atoms with Crippen LogP contribution in [0.5, 0.6) is 23.0 Å². The quantitative estimate of drug-likeness (QED) is 0.250. The van der Waals surface area contributed by atoms with Crippen molar-refractivity contribution < 1.29 is 18.9 Å². The average Bonchev–Trinajstić information content (AvgIpc) is 2.78. The molecule has 0 aliphatic rings. The third-order valence-electron chi connectivity index (χ3n) is 4.57. The number of likely N-dealkylation sites (N-methyl/N-ethyl adjacent to an activating group) is 1. The number of methoxy groups -OCH3 is 3. The lowest BCUT2D eigenvalue weighted by Gasteiger charge is -2.16. The zero-order chi connectivity index (χ0) is 22.6. The van der Waals surface area contributed by atoms with E-state index in [9.17, 15) is 0 Å². The maximum Gasteiger partial charge on any atom is 0.203 e. The Bertz CT molecular complexity index is 837. The first-order valence-corrected chi connectivity index (χ1v) is 10.1. The first-order chi connectivity index (χ1) is 15.0. The van der Waals surface area contributed by atoms with Crippen molar-refractivity contribution in [1.82, 2.24) is 15.5 Å². The Morgan fingerprint density at radius 2 is 1.53 bits per heavy atom. The average molecular weight is 558 g/mol. The molecule has 0 aromatic heterocycles. The minimum Gasteiger partial charge on any atom is -0.493 e. The summed E-state index contributed by atoms with van der Waals surface area (Å²) in [5.74, 6) is 3.36. The predicted octanol–water partition coefficient (Wildman–Crippen LogP) is 3.14. The molecular formula is C23H35IN4O4. The van der Waals surface area contributed by atoms with Crippen molar-refractivity contribution in [2.75, 3.05) is 55.6 Å². The Morgan fingerprint density at radius 3 is 2.06 bits per heavy atom. The van der Waals surface area contributed by atoms with Gasteiger partial charge in [-0.3, -0.25) is 4.99 Å². The number of rotatable bonds is 11. The molecule has 0 aliphatic heterocycles. The van der Waals surface area contributed by atoms with E-state index >= 15 is 0 Å². The van der Waals surface area contributed by atoms with Crippen molar-refractivity contribution in [1.29, 1.82) is 0 Å². The van der Waals surface area contributed by atoms with Crippen LogP contribution in [-0.4, -0.2) is 66.5 Å². The van der Waals surface area contributed by atoms with Crippen molar-refractivity contribution in [2.24, 2.45) is 4.99 Å². The van der Waals surface area contributed by atoms with E-state index in [2.05, 4.69) is 26.6 Å². The van der Waals surface area contributed by atoms with Crippen LogP contribution in [0.3, 0.4) is 0 Å². The van der Waals surface area contributed by atoms with Gasteiger partial charge in [-0.15, -0.1) is 24.0 Å². The van der Waals surface area contributed by atoms with Gasteiger partial charge in [0.2, 0.25) is 5.75 Å². The number of halogens is 1. The molecule has 0 saturated heterocycles. The summed E-state index contributed by atoms with van der Waals surface area (Å²) in [5.41, 5.74) is 2.09.